The molecule has 2 aromatic rings. The maximum atomic E-state index is 12.9. The Labute approximate surface area is 199 Å². The summed E-state index contributed by atoms with van der Waals surface area (Å²) >= 11 is 0. The number of hydrogen-bond acceptors (Lipinski definition) is 3. The number of carbonyl (C=O) groups excluding carboxylic acids is 1. The Hall–Kier alpha value is -2.43. The van der Waals surface area contributed by atoms with Gasteiger partial charge in [-0.25, -0.2) is 0 Å². The number of aliphatic hydroxyl groups excluding tert-OH is 1. The molecule has 0 bridgehead atoms. The number of nitrogens with one attached hydrogen (secondary N) is 1. The largest absolute Gasteiger partial charge is 0.396 e. The van der Waals surface area contributed by atoms with E-state index in [-0.39, 0.29) is 12.5 Å². The van der Waals surface area contributed by atoms with E-state index in [2.05, 4.69) is 47.5 Å². The summed E-state index contributed by atoms with van der Waals surface area (Å²) in [6, 6.07) is 17.4. The molecule has 4 nitrogen and oxygen atoms in total. The van der Waals surface area contributed by atoms with Crippen molar-refractivity contribution in [3.8, 4) is 0 Å². The highest BCUT2D eigenvalue weighted by Gasteiger charge is 2.29. The van der Waals surface area contributed by atoms with Crippen molar-refractivity contribution in [2.45, 2.75) is 70.4 Å². The lowest BCUT2D eigenvalue weighted by Gasteiger charge is -2.37. The van der Waals surface area contributed by atoms with E-state index < -0.39 is 0 Å². The average Bonchev–Trinajstić information content (AvgIpc) is 2.85. The van der Waals surface area contributed by atoms with Crippen LogP contribution in [0.25, 0.3) is 6.08 Å². The van der Waals surface area contributed by atoms with Crippen LogP contribution in [0.2, 0.25) is 0 Å². The van der Waals surface area contributed by atoms with Crippen molar-refractivity contribution >= 4 is 12.0 Å². The highest BCUT2D eigenvalue weighted by atomic mass is 16.2. The molecule has 1 saturated carbocycles. The Morgan fingerprint density at radius 2 is 1.88 bits per heavy atom. The zero-order valence-electron chi connectivity index (χ0n) is 20.3. The number of benzene rings is 2. The molecule has 1 aliphatic carbocycles. The Balaban J connectivity index is 1.58. The van der Waals surface area contributed by atoms with Crippen LogP contribution in [0.4, 0.5) is 0 Å². The fourth-order valence-electron chi connectivity index (χ4n) is 5.15. The lowest BCUT2D eigenvalue weighted by atomic mass is 9.79. The quantitative estimate of drug-likeness (QED) is 0.490. The second kappa shape index (κ2) is 13.3. The van der Waals surface area contributed by atoms with Crippen LogP contribution in [-0.2, 0) is 17.8 Å². The van der Waals surface area contributed by atoms with Crippen LogP contribution in [0, 0.1) is 0 Å². The van der Waals surface area contributed by atoms with Gasteiger partial charge in [-0.3, -0.25) is 4.79 Å². The van der Waals surface area contributed by atoms with Gasteiger partial charge in [0.2, 0.25) is 5.91 Å². The van der Waals surface area contributed by atoms with Crippen molar-refractivity contribution in [2.75, 3.05) is 20.2 Å². The molecule has 4 heteroatoms. The van der Waals surface area contributed by atoms with Crippen LogP contribution in [-0.4, -0.2) is 42.2 Å². The molecule has 3 rings (SSSR count). The zero-order chi connectivity index (χ0) is 23.5. The monoisotopic (exact) mass is 448 g/mol. The third-order valence-electron chi connectivity index (χ3n) is 6.84. The molecule has 0 aliphatic heterocycles. The van der Waals surface area contributed by atoms with Crippen LogP contribution < -0.4 is 5.32 Å². The van der Waals surface area contributed by atoms with Crippen molar-refractivity contribution < 1.29 is 9.90 Å². The van der Waals surface area contributed by atoms with E-state index in [0.29, 0.717) is 18.4 Å². The predicted molar refractivity (Wildman–Crippen MR) is 137 cm³/mol. The fraction of sp³-hybridized carbons (Fsp3) is 0.483. The van der Waals surface area contributed by atoms with Gasteiger partial charge >= 0.3 is 0 Å². The van der Waals surface area contributed by atoms with E-state index >= 15 is 0 Å². The van der Waals surface area contributed by atoms with Gasteiger partial charge < -0.3 is 15.3 Å². The molecule has 0 spiro atoms. The summed E-state index contributed by atoms with van der Waals surface area (Å²) in [7, 11) is 2.00. The highest BCUT2D eigenvalue weighted by molar-refractivity contribution is 5.79. The van der Waals surface area contributed by atoms with Crippen molar-refractivity contribution in [1.82, 2.24) is 10.2 Å². The zero-order valence-corrected chi connectivity index (χ0v) is 20.3. The maximum Gasteiger partial charge on any atom is 0.226 e. The first-order valence-corrected chi connectivity index (χ1v) is 12.5. The van der Waals surface area contributed by atoms with Crippen molar-refractivity contribution in [3.63, 3.8) is 0 Å². The van der Waals surface area contributed by atoms with Gasteiger partial charge in [0.15, 0.2) is 0 Å². The summed E-state index contributed by atoms with van der Waals surface area (Å²) in [6.07, 6.45) is 10.6. The van der Waals surface area contributed by atoms with Gasteiger partial charge in [0.25, 0.3) is 0 Å². The molecule has 0 heterocycles. The third kappa shape index (κ3) is 7.28. The van der Waals surface area contributed by atoms with E-state index in [1.165, 1.54) is 16.7 Å². The number of rotatable bonds is 11. The summed E-state index contributed by atoms with van der Waals surface area (Å²) in [5.41, 5.74) is 5.27. The van der Waals surface area contributed by atoms with Gasteiger partial charge in [-0.05, 0) is 80.7 Å². The summed E-state index contributed by atoms with van der Waals surface area (Å²) in [5.74, 6) is 0.792. The molecule has 1 amide bonds. The molecule has 1 aliphatic rings. The summed E-state index contributed by atoms with van der Waals surface area (Å²) in [6.45, 7) is 3.98. The van der Waals surface area contributed by atoms with E-state index in [0.717, 1.165) is 57.2 Å². The average molecular weight is 449 g/mol. The number of nitrogens with zero attached hydrogens (tertiary/aromatic N) is 1. The van der Waals surface area contributed by atoms with Crippen molar-refractivity contribution in [3.05, 3.63) is 76.9 Å². The van der Waals surface area contributed by atoms with E-state index in [1.807, 2.05) is 37.4 Å². The number of amides is 1. The molecule has 0 unspecified atom stereocenters. The van der Waals surface area contributed by atoms with Crippen LogP contribution in [0.15, 0.2) is 54.6 Å². The Morgan fingerprint density at radius 3 is 2.55 bits per heavy atom. The van der Waals surface area contributed by atoms with Crippen molar-refractivity contribution in [2.24, 2.45) is 0 Å². The second-order valence-corrected chi connectivity index (χ2v) is 9.09. The van der Waals surface area contributed by atoms with Gasteiger partial charge in [0.05, 0.1) is 0 Å². The smallest absolute Gasteiger partial charge is 0.226 e. The Morgan fingerprint density at radius 1 is 1.12 bits per heavy atom. The lowest BCUT2D eigenvalue weighted by molar-refractivity contribution is -0.133. The second-order valence-electron chi connectivity index (χ2n) is 9.09. The van der Waals surface area contributed by atoms with E-state index in [1.54, 1.807) is 0 Å². The topological polar surface area (TPSA) is 52.6 Å². The van der Waals surface area contributed by atoms with Crippen molar-refractivity contribution in [1.29, 1.82) is 0 Å². The minimum atomic E-state index is 0.234. The number of aryl methyl sites for hydroxylation is 1. The maximum absolute atomic E-state index is 12.9. The van der Waals surface area contributed by atoms with E-state index in [4.69, 9.17) is 5.11 Å². The molecule has 2 aromatic carbocycles. The molecular formula is C29H40N2O2. The molecule has 2 N–H and O–H groups in total. The number of hydrogen-bond donors (Lipinski definition) is 2. The van der Waals surface area contributed by atoms with Gasteiger partial charge in [-0.1, -0.05) is 60.7 Å². The standard InChI is InChI=1S/C29H40N2O2/c1-3-31(29(33)13-7-11-23-9-5-4-6-10-23)27-17-15-25(16-18-27)28-19-14-24(12-8-20-32)21-26(28)22-30-2/h4-7,9-11,14,19,21,25,27,30,32H,3,8,12-13,15-18,20,22H2,1-2H3/t25-,27-. The van der Waals surface area contributed by atoms with Gasteiger partial charge in [-0.15, -0.1) is 0 Å². The third-order valence-corrected chi connectivity index (χ3v) is 6.84. The number of aliphatic hydroxyl groups is 1. The summed E-state index contributed by atoms with van der Waals surface area (Å²) in [4.78, 5) is 15.0. The minimum Gasteiger partial charge on any atom is -0.396 e. The molecule has 0 aromatic heterocycles. The molecular weight excluding hydrogens is 408 g/mol. The van der Waals surface area contributed by atoms with E-state index in [9.17, 15) is 4.79 Å². The Bertz CT molecular complexity index is 886. The molecule has 0 radical (unpaired) electrons. The number of carbonyl (C=O) groups is 1. The first-order valence-electron chi connectivity index (χ1n) is 12.5. The summed E-state index contributed by atoms with van der Waals surface area (Å²) < 4.78 is 0. The predicted octanol–water partition coefficient (Wildman–Crippen LogP) is 5.31. The molecule has 33 heavy (non-hydrogen) atoms. The van der Waals surface area contributed by atoms with Crippen LogP contribution >= 0.6 is 0 Å². The highest BCUT2D eigenvalue weighted by Crippen LogP contribution is 2.37. The summed E-state index contributed by atoms with van der Waals surface area (Å²) in [5, 5.41) is 12.5. The molecule has 0 saturated heterocycles. The Kier molecular flexibility index (Phi) is 10.2. The molecule has 178 valence electrons. The van der Waals surface area contributed by atoms with Crippen LogP contribution in [0.1, 0.15) is 73.6 Å². The molecule has 0 atom stereocenters. The SMILES string of the molecule is CCN(C(=O)CC=Cc1ccccc1)[C@H]1CC[C@H](c2ccc(CCCO)cc2CNC)CC1. The first-order chi connectivity index (χ1) is 16.2. The van der Waals surface area contributed by atoms with Gasteiger partial charge in [-0.2, -0.15) is 0 Å². The van der Waals surface area contributed by atoms with Gasteiger partial charge in [0.1, 0.15) is 0 Å². The normalized spacial score (nSPS) is 18.5. The minimum absolute atomic E-state index is 0.234. The van der Waals surface area contributed by atoms with Crippen LogP contribution in [0.5, 0.6) is 0 Å². The van der Waals surface area contributed by atoms with Crippen LogP contribution in [0.3, 0.4) is 0 Å². The van der Waals surface area contributed by atoms with Gasteiger partial charge in [0, 0.05) is 32.2 Å². The first kappa shape index (κ1) is 25.2. The lowest BCUT2D eigenvalue weighted by Crippen LogP contribution is -2.41. The molecule has 1 fully saturated rings. The fourth-order valence-corrected chi connectivity index (χ4v) is 5.15.